The molecule has 0 bridgehead atoms. The first-order chi connectivity index (χ1) is 16.3. The minimum absolute atomic E-state index is 0.0562. The molecule has 4 rings (SSSR count). The molecule has 1 saturated carbocycles. The Hall–Kier alpha value is -2.43. The van der Waals surface area contributed by atoms with Gasteiger partial charge in [0.2, 0.25) is 22.0 Å². The van der Waals surface area contributed by atoms with Crippen molar-refractivity contribution in [1.82, 2.24) is 4.31 Å². The molecule has 1 fully saturated rings. The van der Waals surface area contributed by atoms with Gasteiger partial charge in [0.25, 0.3) is 0 Å². The molecule has 1 atom stereocenters. The van der Waals surface area contributed by atoms with Gasteiger partial charge in [-0.05, 0) is 49.2 Å². The Morgan fingerprint density at radius 2 is 1.76 bits per heavy atom. The Morgan fingerprint density at radius 1 is 1.09 bits per heavy atom. The molecular formula is C24H27BrN2O6S. The molecule has 1 amide bonds. The number of halogens is 1. The van der Waals surface area contributed by atoms with Crippen molar-refractivity contribution in [3.05, 3.63) is 53.0 Å². The zero-order valence-corrected chi connectivity index (χ0v) is 21.3. The largest absolute Gasteiger partial charge is 0.475 e. The molecule has 0 aromatic heterocycles. The molecule has 0 N–H and O–H groups in total. The molecule has 0 unspecified atom stereocenters. The van der Waals surface area contributed by atoms with E-state index < -0.39 is 28.0 Å². The van der Waals surface area contributed by atoms with Crippen LogP contribution >= 0.6 is 15.9 Å². The van der Waals surface area contributed by atoms with Crippen LogP contribution in [0.5, 0.6) is 5.75 Å². The van der Waals surface area contributed by atoms with E-state index in [0.29, 0.717) is 24.3 Å². The summed E-state index contributed by atoms with van der Waals surface area (Å²) in [6.07, 6.45) is 3.29. The first-order valence-corrected chi connectivity index (χ1v) is 13.5. The second-order valence-corrected chi connectivity index (χ2v) is 11.2. The van der Waals surface area contributed by atoms with Gasteiger partial charge in [0.05, 0.1) is 30.8 Å². The molecule has 0 radical (unpaired) electrons. The zero-order valence-electron chi connectivity index (χ0n) is 18.9. The SMILES string of the molecule is COC(=O)[C@@H]1CN(C(=O)CN(C2CCCCC2)S(=O)(=O)c2ccc(Br)cc2)c2ccccc2O1. The van der Waals surface area contributed by atoms with Crippen molar-refractivity contribution in [3.8, 4) is 5.75 Å². The van der Waals surface area contributed by atoms with Crippen molar-refractivity contribution in [2.24, 2.45) is 0 Å². The molecule has 8 nitrogen and oxygen atoms in total. The highest BCUT2D eigenvalue weighted by molar-refractivity contribution is 9.10. The second-order valence-electron chi connectivity index (χ2n) is 8.40. The van der Waals surface area contributed by atoms with Crippen molar-refractivity contribution in [2.45, 2.75) is 49.1 Å². The third-order valence-corrected chi connectivity index (χ3v) is 8.67. The van der Waals surface area contributed by atoms with E-state index in [1.54, 1.807) is 36.4 Å². The van der Waals surface area contributed by atoms with Crippen LogP contribution in [0.4, 0.5) is 5.69 Å². The number of rotatable bonds is 6. The Labute approximate surface area is 208 Å². The highest BCUT2D eigenvalue weighted by Crippen LogP contribution is 2.34. The van der Waals surface area contributed by atoms with Crippen molar-refractivity contribution in [2.75, 3.05) is 25.1 Å². The standard InChI is InChI=1S/C24H27BrN2O6S/c1-32-24(29)22-15-26(20-9-5-6-10-21(20)33-22)23(28)16-27(18-7-3-2-4-8-18)34(30,31)19-13-11-17(25)12-14-19/h5-6,9-14,18,22H,2-4,7-8,15-16H2,1H3/t22-/m0/s1. The van der Waals surface area contributed by atoms with E-state index in [-0.39, 0.29) is 24.0 Å². The Morgan fingerprint density at radius 3 is 2.44 bits per heavy atom. The summed E-state index contributed by atoms with van der Waals surface area (Å²) >= 11 is 3.34. The summed E-state index contributed by atoms with van der Waals surface area (Å²) in [6, 6.07) is 13.1. The third-order valence-electron chi connectivity index (χ3n) is 6.23. The lowest BCUT2D eigenvalue weighted by atomic mass is 9.95. The summed E-state index contributed by atoms with van der Waals surface area (Å²) in [5.41, 5.74) is 0.497. The van der Waals surface area contributed by atoms with Gasteiger partial charge >= 0.3 is 5.97 Å². The van der Waals surface area contributed by atoms with Crippen LogP contribution in [0.25, 0.3) is 0 Å². The lowest BCUT2D eigenvalue weighted by molar-refractivity contribution is -0.148. The van der Waals surface area contributed by atoms with Crippen LogP contribution < -0.4 is 9.64 Å². The first kappa shape index (κ1) is 24.7. The second kappa shape index (κ2) is 10.5. The molecule has 2 aromatic rings. The Kier molecular flexibility index (Phi) is 7.59. The molecule has 10 heteroatoms. The van der Waals surface area contributed by atoms with Gasteiger partial charge in [-0.15, -0.1) is 0 Å². The number of carbonyl (C=O) groups is 2. The predicted octanol–water partition coefficient (Wildman–Crippen LogP) is 3.74. The average Bonchev–Trinajstić information content (AvgIpc) is 2.86. The lowest BCUT2D eigenvalue weighted by Gasteiger charge is -2.37. The van der Waals surface area contributed by atoms with Gasteiger partial charge < -0.3 is 14.4 Å². The molecule has 2 aromatic carbocycles. The molecule has 0 saturated heterocycles. The number of methoxy groups -OCH3 is 1. The molecular weight excluding hydrogens is 524 g/mol. The van der Waals surface area contributed by atoms with Crippen molar-refractivity contribution in [1.29, 1.82) is 0 Å². The fourth-order valence-electron chi connectivity index (χ4n) is 4.46. The van der Waals surface area contributed by atoms with E-state index in [9.17, 15) is 18.0 Å². The number of fused-ring (bicyclic) bond motifs is 1. The predicted molar refractivity (Wildman–Crippen MR) is 130 cm³/mol. The number of hydrogen-bond donors (Lipinski definition) is 0. The normalized spacial score (nSPS) is 18.8. The molecule has 2 aliphatic rings. The van der Waals surface area contributed by atoms with Crippen LogP contribution in [0.3, 0.4) is 0 Å². The molecule has 34 heavy (non-hydrogen) atoms. The van der Waals surface area contributed by atoms with Gasteiger partial charge in [-0.3, -0.25) is 4.79 Å². The maximum Gasteiger partial charge on any atom is 0.348 e. The Balaban J connectivity index is 1.66. The van der Waals surface area contributed by atoms with Crippen molar-refractivity contribution >= 4 is 43.5 Å². The number of nitrogens with zero attached hydrogens (tertiary/aromatic N) is 2. The zero-order chi connectivity index (χ0) is 24.3. The molecule has 1 aliphatic carbocycles. The highest BCUT2D eigenvalue weighted by atomic mass is 79.9. The summed E-state index contributed by atoms with van der Waals surface area (Å²) in [5.74, 6) is -0.646. The summed E-state index contributed by atoms with van der Waals surface area (Å²) in [5, 5.41) is 0. The third kappa shape index (κ3) is 5.13. The summed E-state index contributed by atoms with van der Waals surface area (Å²) < 4.78 is 40.0. The van der Waals surface area contributed by atoms with Crippen LogP contribution in [0.2, 0.25) is 0 Å². The maximum atomic E-state index is 13.7. The summed E-state index contributed by atoms with van der Waals surface area (Å²) in [6.45, 7) is -0.384. The van der Waals surface area contributed by atoms with Gasteiger partial charge in [0.1, 0.15) is 5.75 Å². The molecule has 0 spiro atoms. The number of carbonyl (C=O) groups excluding carboxylic acids is 2. The minimum atomic E-state index is -3.92. The van der Waals surface area contributed by atoms with Gasteiger partial charge in [0.15, 0.2) is 0 Å². The highest BCUT2D eigenvalue weighted by Gasteiger charge is 2.39. The number of anilines is 1. The fourth-order valence-corrected chi connectivity index (χ4v) is 6.36. The molecule has 1 aliphatic heterocycles. The Bertz CT molecular complexity index is 1150. The smallest absolute Gasteiger partial charge is 0.348 e. The van der Waals surface area contributed by atoms with E-state index in [1.807, 2.05) is 0 Å². The summed E-state index contributed by atoms with van der Waals surface area (Å²) in [4.78, 5) is 27.4. The van der Waals surface area contributed by atoms with E-state index in [4.69, 9.17) is 9.47 Å². The maximum absolute atomic E-state index is 13.7. The lowest BCUT2D eigenvalue weighted by Crippen LogP contribution is -2.52. The first-order valence-electron chi connectivity index (χ1n) is 11.2. The topological polar surface area (TPSA) is 93.2 Å². The van der Waals surface area contributed by atoms with E-state index in [1.165, 1.54) is 28.4 Å². The number of benzene rings is 2. The van der Waals surface area contributed by atoms with Gasteiger partial charge in [-0.2, -0.15) is 4.31 Å². The number of para-hydroxylation sites is 2. The molecule has 182 valence electrons. The summed E-state index contributed by atoms with van der Waals surface area (Å²) in [7, 11) is -2.66. The van der Waals surface area contributed by atoms with E-state index in [2.05, 4.69) is 15.9 Å². The number of sulfonamides is 1. The number of ether oxygens (including phenoxy) is 2. The van der Waals surface area contributed by atoms with Crippen LogP contribution in [0, 0.1) is 0 Å². The van der Waals surface area contributed by atoms with Crippen LogP contribution in [0.1, 0.15) is 32.1 Å². The van der Waals surface area contributed by atoms with Crippen LogP contribution in [0.15, 0.2) is 57.9 Å². The number of amides is 1. The van der Waals surface area contributed by atoms with E-state index in [0.717, 1.165) is 23.7 Å². The fraction of sp³-hybridized carbons (Fsp3) is 0.417. The van der Waals surface area contributed by atoms with Gasteiger partial charge in [-0.1, -0.05) is 47.3 Å². The monoisotopic (exact) mass is 550 g/mol. The van der Waals surface area contributed by atoms with Gasteiger partial charge in [0, 0.05) is 10.5 Å². The molecule has 1 heterocycles. The van der Waals surface area contributed by atoms with Gasteiger partial charge in [-0.25, -0.2) is 13.2 Å². The van der Waals surface area contributed by atoms with E-state index >= 15 is 0 Å². The minimum Gasteiger partial charge on any atom is -0.475 e. The average molecular weight is 551 g/mol. The van der Waals surface area contributed by atoms with Crippen molar-refractivity contribution in [3.63, 3.8) is 0 Å². The number of hydrogen-bond acceptors (Lipinski definition) is 6. The van der Waals surface area contributed by atoms with Crippen LogP contribution in [-0.2, 0) is 24.3 Å². The van der Waals surface area contributed by atoms with Crippen LogP contribution in [-0.4, -0.2) is 56.9 Å². The van der Waals surface area contributed by atoms with Crippen molar-refractivity contribution < 1.29 is 27.5 Å². The number of esters is 1. The quantitative estimate of drug-likeness (QED) is 0.508.